The Kier molecular flexibility index (Phi) is 5.67. The van der Waals surface area contributed by atoms with Gasteiger partial charge in [0.2, 0.25) is 0 Å². The van der Waals surface area contributed by atoms with Gasteiger partial charge in [-0.25, -0.2) is 0 Å². The third-order valence-electron chi connectivity index (χ3n) is 3.94. The summed E-state index contributed by atoms with van der Waals surface area (Å²) >= 11 is 1.89. The van der Waals surface area contributed by atoms with Crippen LogP contribution in [0.15, 0.2) is 17.5 Å². The summed E-state index contributed by atoms with van der Waals surface area (Å²) < 4.78 is 0. The van der Waals surface area contributed by atoms with Crippen LogP contribution in [0, 0.1) is 0 Å². The van der Waals surface area contributed by atoms with Crippen LogP contribution in [0.1, 0.15) is 50.4 Å². The molecule has 2 rings (SSSR count). The largest absolute Gasteiger partial charge is 0.306 e. The molecule has 1 aliphatic heterocycles. The topological polar surface area (TPSA) is 15.3 Å². The van der Waals surface area contributed by atoms with Gasteiger partial charge in [-0.1, -0.05) is 26.3 Å². The van der Waals surface area contributed by atoms with Gasteiger partial charge in [-0.2, -0.15) is 0 Å². The van der Waals surface area contributed by atoms with Gasteiger partial charge in [0.25, 0.3) is 0 Å². The number of nitrogens with zero attached hydrogens (tertiary/aromatic N) is 1. The monoisotopic (exact) mass is 266 g/mol. The van der Waals surface area contributed by atoms with Crippen LogP contribution in [0.2, 0.25) is 0 Å². The van der Waals surface area contributed by atoms with Crippen molar-refractivity contribution < 1.29 is 0 Å². The number of likely N-dealkylation sites (tertiary alicyclic amines) is 1. The Bertz CT molecular complexity index is 315. The fraction of sp³-hybridized carbons (Fsp3) is 0.733. The standard InChI is InChI=1S/C15H26N2S/c1-3-6-14(15-7-5-12-18-15)16-13-8-10-17(4-2)11-9-13/h5,7,12-14,16H,3-4,6,8-11H2,1-2H3. The Balaban J connectivity index is 1.86. The number of thiophene rings is 1. The lowest BCUT2D eigenvalue weighted by molar-refractivity contribution is 0.197. The lowest BCUT2D eigenvalue weighted by Crippen LogP contribution is -2.43. The van der Waals surface area contributed by atoms with Crippen molar-refractivity contribution in [3.8, 4) is 0 Å². The average molecular weight is 266 g/mol. The second-order valence-electron chi connectivity index (χ2n) is 5.23. The predicted molar refractivity (Wildman–Crippen MR) is 80.2 cm³/mol. The van der Waals surface area contributed by atoms with Crippen LogP contribution in [0.5, 0.6) is 0 Å². The van der Waals surface area contributed by atoms with E-state index in [1.807, 2.05) is 11.3 Å². The molecular weight excluding hydrogens is 240 g/mol. The van der Waals surface area contributed by atoms with Gasteiger partial charge in [-0.05, 0) is 50.3 Å². The van der Waals surface area contributed by atoms with Crippen molar-refractivity contribution in [1.82, 2.24) is 10.2 Å². The molecule has 0 aliphatic carbocycles. The summed E-state index contributed by atoms with van der Waals surface area (Å²) in [5, 5.41) is 6.08. The molecule has 2 nitrogen and oxygen atoms in total. The molecule has 1 aromatic rings. The lowest BCUT2D eigenvalue weighted by atomic mass is 10.0. The summed E-state index contributed by atoms with van der Waals surface area (Å²) in [6.07, 6.45) is 5.12. The summed E-state index contributed by atoms with van der Waals surface area (Å²) in [4.78, 5) is 4.06. The molecule has 1 N–H and O–H groups in total. The fourth-order valence-electron chi connectivity index (χ4n) is 2.79. The van der Waals surface area contributed by atoms with E-state index in [1.165, 1.54) is 50.2 Å². The minimum Gasteiger partial charge on any atom is -0.306 e. The van der Waals surface area contributed by atoms with Crippen molar-refractivity contribution in [3.63, 3.8) is 0 Å². The Morgan fingerprint density at radius 2 is 2.17 bits per heavy atom. The van der Waals surface area contributed by atoms with Crippen LogP contribution in [0.3, 0.4) is 0 Å². The zero-order valence-electron chi connectivity index (χ0n) is 11.7. The molecule has 3 heteroatoms. The summed E-state index contributed by atoms with van der Waals surface area (Å²) in [5.74, 6) is 0. The van der Waals surface area contributed by atoms with Crippen LogP contribution in [-0.2, 0) is 0 Å². The average Bonchev–Trinajstić information content (AvgIpc) is 2.93. The quantitative estimate of drug-likeness (QED) is 0.845. The van der Waals surface area contributed by atoms with Crippen molar-refractivity contribution in [2.75, 3.05) is 19.6 Å². The molecule has 0 radical (unpaired) electrons. The highest BCUT2D eigenvalue weighted by atomic mass is 32.1. The number of rotatable bonds is 6. The van der Waals surface area contributed by atoms with Gasteiger partial charge in [0, 0.05) is 17.0 Å². The molecule has 0 saturated carbocycles. The van der Waals surface area contributed by atoms with Crippen molar-refractivity contribution in [2.24, 2.45) is 0 Å². The van der Waals surface area contributed by atoms with E-state index in [-0.39, 0.29) is 0 Å². The molecule has 0 aromatic carbocycles. The predicted octanol–water partition coefficient (Wildman–Crippen LogP) is 3.66. The fourth-order valence-corrected chi connectivity index (χ4v) is 3.61. The molecular formula is C15H26N2S. The van der Waals surface area contributed by atoms with E-state index in [4.69, 9.17) is 0 Å². The molecule has 102 valence electrons. The highest BCUT2D eigenvalue weighted by Gasteiger charge is 2.21. The first-order valence-electron chi connectivity index (χ1n) is 7.35. The second kappa shape index (κ2) is 7.27. The molecule has 1 atom stereocenters. The Morgan fingerprint density at radius 1 is 1.39 bits per heavy atom. The van der Waals surface area contributed by atoms with Crippen molar-refractivity contribution in [2.45, 2.75) is 51.6 Å². The zero-order chi connectivity index (χ0) is 12.8. The van der Waals surface area contributed by atoms with E-state index in [0.717, 1.165) is 0 Å². The molecule has 18 heavy (non-hydrogen) atoms. The summed E-state index contributed by atoms with van der Waals surface area (Å²) in [5.41, 5.74) is 0. The molecule has 1 saturated heterocycles. The summed E-state index contributed by atoms with van der Waals surface area (Å²) in [6.45, 7) is 8.27. The normalized spacial score (nSPS) is 20.1. The summed E-state index contributed by atoms with van der Waals surface area (Å²) in [6, 6.07) is 5.74. The van der Waals surface area contributed by atoms with Gasteiger partial charge in [0.1, 0.15) is 0 Å². The third kappa shape index (κ3) is 3.81. The maximum absolute atomic E-state index is 3.89. The van der Waals surface area contributed by atoms with Gasteiger partial charge >= 0.3 is 0 Å². The highest BCUT2D eigenvalue weighted by molar-refractivity contribution is 7.10. The van der Waals surface area contributed by atoms with Crippen molar-refractivity contribution >= 4 is 11.3 Å². The minimum absolute atomic E-state index is 0.577. The zero-order valence-corrected chi connectivity index (χ0v) is 12.5. The number of nitrogens with one attached hydrogen (secondary N) is 1. The van der Waals surface area contributed by atoms with Crippen LogP contribution < -0.4 is 5.32 Å². The van der Waals surface area contributed by atoms with E-state index < -0.39 is 0 Å². The first-order chi connectivity index (χ1) is 8.83. The molecule has 1 aliphatic rings. The van der Waals surface area contributed by atoms with E-state index in [9.17, 15) is 0 Å². The van der Waals surface area contributed by atoms with Crippen LogP contribution in [0.25, 0.3) is 0 Å². The van der Waals surface area contributed by atoms with Gasteiger partial charge in [-0.3, -0.25) is 0 Å². The van der Waals surface area contributed by atoms with Crippen molar-refractivity contribution in [3.05, 3.63) is 22.4 Å². The Hall–Kier alpha value is -0.380. The number of hydrogen-bond acceptors (Lipinski definition) is 3. The smallest absolute Gasteiger partial charge is 0.0416 e. The van der Waals surface area contributed by atoms with Gasteiger partial charge < -0.3 is 10.2 Å². The van der Waals surface area contributed by atoms with E-state index >= 15 is 0 Å². The highest BCUT2D eigenvalue weighted by Crippen LogP contribution is 2.25. The van der Waals surface area contributed by atoms with Gasteiger partial charge in [-0.15, -0.1) is 11.3 Å². The summed E-state index contributed by atoms with van der Waals surface area (Å²) in [7, 11) is 0. The molecule has 2 heterocycles. The second-order valence-corrected chi connectivity index (χ2v) is 6.21. The van der Waals surface area contributed by atoms with E-state index in [0.29, 0.717) is 12.1 Å². The Morgan fingerprint density at radius 3 is 2.72 bits per heavy atom. The molecule has 0 amide bonds. The number of hydrogen-bond donors (Lipinski definition) is 1. The van der Waals surface area contributed by atoms with Crippen LogP contribution in [-0.4, -0.2) is 30.6 Å². The molecule has 1 unspecified atom stereocenters. The molecule has 0 spiro atoms. The van der Waals surface area contributed by atoms with Crippen LogP contribution in [0.4, 0.5) is 0 Å². The van der Waals surface area contributed by atoms with Crippen molar-refractivity contribution in [1.29, 1.82) is 0 Å². The maximum atomic E-state index is 3.89. The van der Waals surface area contributed by atoms with Gasteiger partial charge in [0.05, 0.1) is 0 Å². The minimum atomic E-state index is 0.577. The maximum Gasteiger partial charge on any atom is 0.0416 e. The van der Waals surface area contributed by atoms with E-state index in [1.54, 1.807) is 0 Å². The van der Waals surface area contributed by atoms with Crippen LogP contribution >= 0.6 is 11.3 Å². The molecule has 0 bridgehead atoms. The first-order valence-corrected chi connectivity index (χ1v) is 8.23. The Labute approximate surface area is 115 Å². The first kappa shape index (κ1) is 14.0. The molecule has 1 aromatic heterocycles. The van der Waals surface area contributed by atoms with E-state index in [2.05, 4.69) is 41.6 Å². The number of piperidine rings is 1. The molecule has 1 fully saturated rings. The third-order valence-corrected chi connectivity index (χ3v) is 4.92. The van der Waals surface area contributed by atoms with Gasteiger partial charge in [0.15, 0.2) is 0 Å². The SMILES string of the molecule is CCCC(NC1CCN(CC)CC1)c1cccs1. The lowest BCUT2D eigenvalue weighted by Gasteiger charge is -2.33.